The van der Waals surface area contributed by atoms with Crippen molar-refractivity contribution in [1.29, 1.82) is 0 Å². The number of phenols is 1. The zero-order valence-electron chi connectivity index (χ0n) is 9.05. The van der Waals surface area contributed by atoms with E-state index < -0.39 is 35.2 Å². The Bertz CT molecular complexity index is 473. The predicted octanol–water partition coefficient (Wildman–Crippen LogP) is 0.169. The molecule has 0 fully saturated rings. The van der Waals surface area contributed by atoms with E-state index in [1.54, 1.807) is 0 Å². The third-order valence-corrected chi connectivity index (χ3v) is 2.28. The number of hydrogen-bond donors (Lipinski definition) is 4. The number of benzene rings is 1. The predicted molar refractivity (Wildman–Crippen MR) is 58.0 cm³/mol. The summed E-state index contributed by atoms with van der Waals surface area (Å²) in [5, 5.41) is 47.3. The summed E-state index contributed by atoms with van der Waals surface area (Å²) in [6.45, 7) is 0. The lowest BCUT2D eigenvalue weighted by molar-refractivity contribution is -0.386. The van der Waals surface area contributed by atoms with Gasteiger partial charge in [0.15, 0.2) is 0 Å². The monoisotopic (exact) mass is 257 g/mol. The number of phenolic OH excluding ortho intramolecular Hbond substituents is 1. The average Bonchev–Trinajstić information content (AvgIpc) is 2.26. The van der Waals surface area contributed by atoms with E-state index >= 15 is 0 Å². The number of hydrogen-bond acceptors (Lipinski definition) is 6. The lowest BCUT2D eigenvalue weighted by atomic mass is 10.0. The second kappa shape index (κ2) is 5.43. The molecule has 1 aromatic carbocycles. The highest BCUT2D eigenvalue weighted by Gasteiger charge is 2.28. The van der Waals surface area contributed by atoms with Gasteiger partial charge in [0.25, 0.3) is 5.69 Å². The number of rotatable bonds is 5. The van der Waals surface area contributed by atoms with Crippen molar-refractivity contribution in [3.8, 4) is 5.75 Å². The van der Waals surface area contributed by atoms with Crippen LogP contribution in [0.2, 0.25) is 0 Å². The summed E-state index contributed by atoms with van der Waals surface area (Å²) in [6, 6.07) is 2.97. The molecule has 0 heterocycles. The molecule has 0 aliphatic heterocycles. The second-order valence-electron chi connectivity index (χ2n) is 3.61. The summed E-state index contributed by atoms with van der Waals surface area (Å²) in [4.78, 5) is 20.2. The number of carboxylic acid groups (broad SMARTS) is 1. The first-order valence-corrected chi connectivity index (χ1v) is 4.88. The molecule has 0 amide bonds. The van der Waals surface area contributed by atoms with Gasteiger partial charge >= 0.3 is 5.97 Å². The minimum atomic E-state index is -1.72. The molecule has 2 atom stereocenters. The molecular formula is C10H11NO7. The van der Waals surface area contributed by atoms with Crippen molar-refractivity contribution in [1.82, 2.24) is 0 Å². The molecule has 0 saturated carbocycles. The van der Waals surface area contributed by atoms with Crippen LogP contribution in [-0.4, -0.2) is 37.4 Å². The van der Waals surface area contributed by atoms with E-state index in [0.29, 0.717) is 0 Å². The topological polar surface area (TPSA) is 141 Å². The number of carboxylic acids is 1. The number of aliphatic hydroxyl groups is 2. The number of aromatic hydroxyl groups is 1. The van der Waals surface area contributed by atoms with Gasteiger partial charge in [-0.3, -0.25) is 14.9 Å². The van der Waals surface area contributed by atoms with E-state index in [9.17, 15) is 25.1 Å². The van der Waals surface area contributed by atoms with Gasteiger partial charge < -0.3 is 20.4 Å². The highest BCUT2D eigenvalue weighted by atomic mass is 16.6. The van der Waals surface area contributed by atoms with Crippen molar-refractivity contribution >= 4 is 11.7 Å². The Balaban J connectivity index is 3.08. The fourth-order valence-electron chi connectivity index (χ4n) is 1.44. The van der Waals surface area contributed by atoms with Crippen molar-refractivity contribution < 1.29 is 30.1 Å². The van der Waals surface area contributed by atoms with Crippen LogP contribution in [0.1, 0.15) is 18.1 Å². The van der Waals surface area contributed by atoms with E-state index in [0.717, 1.165) is 18.2 Å². The van der Waals surface area contributed by atoms with Gasteiger partial charge in [-0.1, -0.05) is 0 Å². The third kappa shape index (κ3) is 3.15. The molecular weight excluding hydrogens is 246 g/mol. The Morgan fingerprint density at radius 2 is 2.00 bits per heavy atom. The Morgan fingerprint density at radius 3 is 2.50 bits per heavy atom. The molecule has 0 bridgehead atoms. The molecule has 2 unspecified atom stereocenters. The number of nitrogens with zero attached hydrogens (tertiary/aromatic N) is 1. The number of aliphatic carboxylic acids is 1. The van der Waals surface area contributed by atoms with Gasteiger partial charge in [0.1, 0.15) is 11.9 Å². The fourth-order valence-corrected chi connectivity index (χ4v) is 1.44. The lowest BCUT2D eigenvalue weighted by Gasteiger charge is -2.16. The summed E-state index contributed by atoms with van der Waals surface area (Å²) in [5.74, 6) is -1.71. The highest BCUT2D eigenvalue weighted by Crippen LogP contribution is 2.31. The Labute approximate surface area is 101 Å². The van der Waals surface area contributed by atoms with Crippen molar-refractivity contribution in [3.63, 3.8) is 0 Å². The van der Waals surface area contributed by atoms with Crippen LogP contribution in [0.15, 0.2) is 18.2 Å². The van der Waals surface area contributed by atoms with Crippen LogP contribution in [0.4, 0.5) is 5.69 Å². The van der Waals surface area contributed by atoms with Crippen LogP contribution in [0, 0.1) is 10.1 Å². The molecule has 1 rings (SSSR count). The SMILES string of the molecule is O=C(O)CC(O)C(O)c1ccc(O)cc1[N+](=O)[O-]. The normalized spacial score (nSPS) is 13.9. The summed E-state index contributed by atoms with van der Waals surface area (Å²) >= 11 is 0. The minimum absolute atomic E-state index is 0.258. The minimum Gasteiger partial charge on any atom is -0.508 e. The van der Waals surface area contributed by atoms with E-state index in [-0.39, 0.29) is 11.3 Å². The number of aliphatic hydroxyl groups excluding tert-OH is 2. The Kier molecular flexibility index (Phi) is 4.18. The maximum Gasteiger partial charge on any atom is 0.306 e. The molecule has 0 spiro atoms. The van der Waals surface area contributed by atoms with Crippen molar-refractivity contribution in [2.75, 3.05) is 0 Å². The second-order valence-corrected chi connectivity index (χ2v) is 3.61. The van der Waals surface area contributed by atoms with Gasteiger partial charge in [-0.05, 0) is 12.1 Å². The Morgan fingerprint density at radius 1 is 1.39 bits per heavy atom. The molecule has 0 saturated heterocycles. The molecule has 8 nitrogen and oxygen atoms in total. The fraction of sp³-hybridized carbons (Fsp3) is 0.300. The molecule has 0 radical (unpaired) electrons. The first-order valence-electron chi connectivity index (χ1n) is 4.88. The lowest BCUT2D eigenvalue weighted by Crippen LogP contribution is -2.22. The van der Waals surface area contributed by atoms with Crippen molar-refractivity contribution in [3.05, 3.63) is 33.9 Å². The van der Waals surface area contributed by atoms with Gasteiger partial charge in [-0.25, -0.2) is 0 Å². The summed E-state index contributed by atoms with van der Waals surface area (Å²) in [7, 11) is 0. The van der Waals surface area contributed by atoms with Gasteiger partial charge in [0.2, 0.25) is 0 Å². The number of nitro groups is 1. The van der Waals surface area contributed by atoms with Crippen LogP contribution in [0.5, 0.6) is 5.75 Å². The summed E-state index contributed by atoms with van der Waals surface area (Å²) in [6.07, 6.45) is -4.15. The molecule has 1 aromatic rings. The zero-order valence-corrected chi connectivity index (χ0v) is 9.05. The first kappa shape index (κ1) is 13.9. The Hall–Kier alpha value is -2.19. The van der Waals surface area contributed by atoms with Crippen LogP contribution >= 0.6 is 0 Å². The maximum absolute atomic E-state index is 10.7. The molecule has 98 valence electrons. The largest absolute Gasteiger partial charge is 0.508 e. The summed E-state index contributed by atoms with van der Waals surface area (Å²) < 4.78 is 0. The number of nitro benzene ring substituents is 1. The number of carbonyl (C=O) groups is 1. The quantitative estimate of drug-likeness (QED) is 0.435. The standard InChI is InChI=1S/C10H11NO7/c12-5-1-2-6(7(3-5)11(17)18)10(16)8(13)4-9(14)15/h1-3,8,10,12-13,16H,4H2,(H,14,15). The molecule has 0 aliphatic rings. The molecule has 18 heavy (non-hydrogen) atoms. The molecule has 0 aliphatic carbocycles. The van der Waals surface area contributed by atoms with E-state index in [1.165, 1.54) is 0 Å². The van der Waals surface area contributed by atoms with Crippen LogP contribution in [0.25, 0.3) is 0 Å². The molecule has 8 heteroatoms. The van der Waals surface area contributed by atoms with Crippen molar-refractivity contribution in [2.24, 2.45) is 0 Å². The van der Waals surface area contributed by atoms with Gasteiger partial charge in [-0.2, -0.15) is 0 Å². The van der Waals surface area contributed by atoms with Crippen molar-refractivity contribution in [2.45, 2.75) is 18.6 Å². The zero-order chi connectivity index (χ0) is 13.9. The van der Waals surface area contributed by atoms with Crippen LogP contribution < -0.4 is 0 Å². The first-order chi connectivity index (χ1) is 8.32. The molecule has 4 N–H and O–H groups in total. The average molecular weight is 257 g/mol. The van der Waals surface area contributed by atoms with E-state index in [2.05, 4.69) is 0 Å². The van der Waals surface area contributed by atoms with Gasteiger partial charge in [0.05, 0.1) is 29.1 Å². The third-order valence-electron chi connectivity index (χ3n) is 2.28. The maximum atomic E-state index is 10.7. The smallest absolute Gasteiger partial charge is 0.306 e. The molecule has 0 aromatic heterocycles. The van der Waals surface area contributed by atoms with Gasteiger partial charge in [-0.15, -0.1) is 0 Å². The van der Waals surface area contributed by atoms with Crippen LogP contribution in [-0.2, 0) is 4.79 Å². The van der Waals surface area contributed by atoms with E-state index in [4.69, 9.17) is 10.2 Å². The van der Waals surface area contributed by atoms with E-state index in [1.807, 2.05) is 0 Å². The highest BCUT2D eigenvalue weighted by molar-refractivity contribution is 5.67. The summed E-state index contributed by atoms with van der Waals surface area (Å²) in [5.41, 5.74) is -0.849. The van der Waals surface area contributed by atoms with Crippen LogP contribution in [0.3, 0.4) is 0 Å². The van der Waals surface area contributed by atoms with Gasteiger partial charge in [0, 0.05) is 0 Å².